The van der Waals surface area contributed by atoms with E-state index in [2.05, 4.69) is 54.0 Å². The van der Waals surface area contributed by atoms with E-state index < -0.39 is 11.2 Å². The Bertz CT molecular complexity index is 1220. The quantitative estimate of drug-likeness (QED) is 0.331. The van der Waals surface area contributed by atoms with Crippen molar-refractivity contribution in [2.75, 3.05) is 0 Å². The zero-order chi connectivity index (χ0) is 21.7. The standard InChI is InChI=1S/C24H20BrN3O3/c1-14-3-4-15(2)19(11-14)21-13-22-20-12-17(25)7-10-23(20)31-24(27(22)26-21)16-5-8-18(9-6-16)28(29)30/h3-12,22,24H,13H2,1-2H3/t22-,24+/m1/s1. The van der Waals surface area contributed by atoms with Gasteiger partial charge in [-0.3, -0.25) is 10.1 Å². The van der Waals surface area contributed by atoms with Crippen LogP contribution in [0.25, 0.3) is 0 Å². The molecule has 2 atom stereocenters. The number of aryl methyl sites for hydroxylation is 2. The molecule has 0 amide bonds. The number of nitrogens with zero attached hydrogens (tertiary/aromatic N) is 3. The Morgan fingerprint density at radius 1 is 1.10 bits per heavy atom. The summed E-state index contributed by atoms with van der Waals surface area (Å²) in [4.78, 5) is 10.7. The fourth-order valence-corrected chi connectivity index (χ4v) is 4.63. The van der Waals surface area contributed by atoms with Crippen LogP contribution in [-0.4, -0.2) is 15.6 Å². The Morgan fingerprint density at radius 2 is 1.87 bits per heavy atom. The van der Waals surface area contributed by atoms with Gasteiger partial charge in [-0.25, -0.2) is 5.01 Å². The number of nitro benzene ring substituents is 1. The van der Waals surface area contributed by atoms with Crippen molar-refractivity contribution >= 4 is 27.3 Å². The van der Waals surface area contributed by atoms with Crippen LogP contribution in [0.3, 0.4) is 0 Å². The number of ether oxygens (including phenoxy) is 1. The highest BCUT2D eigenvalue weighted by molar-refractivity contribution is 9.10. The summed E-state index contributed by atoms with van der Waals surface area (Å²) in [5.74, 6) is 0.810. The van der Waals surface area contributed by atoms with Gasteiger partial charge in [0.25, 0.3) is 5.69 Å². The number of rotatable bonds is 3. The summed E-state index contributed by atoms with van der Waals surface area (Å²) < 4.78 is 7.34. The SMILES string of the molecule is Cc1ccc(C)c(C2=NN3[C@H](C2)c2cc(Br)ccc2O[C@H]3c2ccc([N+](=O)[O-])cc2)c1. The summed E-state index contributed by atoms with van der Waals surface area (Å²) in [5.41, 5.74) is 6.52. The lowest BCUT2D eigenvalue weighted by Gasteiger charge is -2.38. The summed E-state index contributed by atoms with van der Waals surface area (Å²) in [7, 11) is 0. The summed E-state index contributed by atoms with van der Waals surface area (Å²) in [6.45, 7) is 4.18. The van der Waals surface area contributed by atoms with Gasteiger partial charge in [0.1, 0.15) is 5.75 Å². The van der Waals surface area contributed by atoms with Crippen molar-refractivity contribution in [1.82, 2.24) is 5.01 Å². The van der Waals surface area contributed by atoms with Gasteiger partial charge in [0, 0.05) is 39.7 Å². The van der Waals surface area contributed by atoms with E-state index >= 15 is 0 Å². The molecule has 5 rings (SSSR count). The summed E-state index contributed by atoms with van der Waals surface area (Å²) in [5, 5.41) is 18.1. The van der Waals surface area contributed by atoms with Crippen LogP contribution in [0.4, 0.5) is 5.69 Å². The van der Waals surface area contributed by atoms with E-state index in [4.69, 9.17) is 9.84 Å². The van der Waals surface area contributed by atoms with Crippen LogP contribution in [-0.2, 0) is 0 Å². The largest absolute Gasteiger partial charge is 0.464 e. The van der Waals surface area contributed by atoms with E-state index in [1.807, 2.05) is 17.1 Å². The fourth-order valence-electron chi connectivity index (χ4n) is 4.25. The van der Waals surface area contributed by atoms with E-state index in [1.165, 1.54) is 23.3 Å². The van der Waals surface area contributed by atoms with E-state index in [0.717, 1.165) is 39.0 Å². The molecule has 0 aliphatic carbocycles. The Balaban J connectivity index is 1.60. The molecule has 0 fully saturated rings. The van der Waals surface area contributed by atoms with Gasteiger partial charge in [0.2, 0.25) is 6.23 Å². The molecular weight excluding hydrogens is 458 g/mol. The molecule has 31 heavy (non-hydrogen) atoms. The average molecular weight is 478 g/mol. The number of hydrazone groups is 1. The molecule has 6 nitrogen and oxygen atoms in total. The third-order valence-electron chi connectivity index (χ3n) is 5.84. The molecule has 3 aromatic rings. The van der Waals surface area contributed by atoms with Crippen LogP contribution < -0.4 is 4.74 Å². The first-order chi connectivity index (χ1) is 14.9. The minimum absolute atomic E-state index is 0.0244. The van der Waals surface area contributed by atoms with Crippen molar-refractivity contribution in [3.8, 4) is 5.75 Å². The number of halogens is 1. The maximum atomic E-state index is 11.1. The van der Waals surface area contributed by atoms with Gasteiger partial charge < -0.3 is 4.74 Å². The van der Waals surface area contributed by atoms with Gasteiger partial charge in [-0.15, -0.1) is 0 Å². The first kappa shape index (κ1) is 19.8. The number of hydrogen-bond acceptors (Lipinski definition) is 5. The zero-order valence-corrected chi connectivity index (χ0v) is 18.7. The number of benzene rings is 3. The second-order valence-electron chi connectivity index (χ2n) is 7.97. The molecule has 0 spiro atoms. The van der Waals surface area contributed by atoms with E-state index in [1.54, 1.807) is 12.1 Å². The van der Waals surface area contributed by atoms with Crippen LogP contribution in [0.15, 0.2) is 70.2 Å². The number of hydrogen-bond donors (Lipinski definition) is 0. The molecule has 0 N–H and O–H groups in total. The second-order valence-corrected chi connectivity index (χ2v) is 8.88. The number of fused-ring (bicyclic) bond motifs is 3. The lowest BCUT2D eigenvalue weighted by molar-refractivity contribution is -0.384. The summed E-state index contributed by atoms with van der Waals surface area (Å²) in [6.07, 6.45) is 0.308. The van der Waals surface area contributed by atoms with Crippen molar-refractivity contribution in [2.45, 2.75) is 32.5 Å². The first-order valence-corrected chi connectivity index (χ1v) is 10.8. The molecular formula is C24H20BrN3O3. The Labute approximate surface area is 188 Å². The van der Waals surface area contributed by atoms with Gasteiger partial charge in [-0.1, -0.05) is 33.6 Å². The topological polar surface area (TPSA) is 68.0 Å². The average Bonchev–Trinajstić information content (AvgIpc) is 3.20. The molecule has 2 aliphatic heterocycles. The first-order valence-electron chi connectivity index (χ1n) is 10.0. The highest BCUT2D eigenvalue weighted by Gasteiger charge is 2.41. The van der Waals surface area contributed by atoms with Crippen molar-refractivity contribution in [3.63, 3.8) is 0 Å². The molecule has 0 unspecified atom stereocenters. The molecule has 3 aromatic carbocycles. The fraction of sp³-hybridized carbons (Fsp3) is 0.208. The van der Waals surface area contributed by atoms with Gasteiger partial charge in [0.15, 0.2) is 0 Å². The van der Waals surface area contributed by atoms with Gasteiger partial charge in [-0.2, -0.15) is 5.10 Å². The van der Waals surface area contributed by atoms with Gasteiger partial charge in [-0.05, 0) is 55.8 Å². The minimum atomic E-state index is -0.456. The number of nitro groups is 1. The van der Waals surface area contributed by atoms with E-state index in [9.17, 15) is 10.1 Å². The zero-order valence-electron chi connectivity index (χ0n) is 17.1. The highest BCUT2D eigenvalue weighted by Crippen LogP contribution is 2.48. The van der Waals surface area contributed by atoms with Crippen molar-refractivity contribution in [2.24, 2.45) is 5.10 Å². The maximum absolute atomic E-state index is 11.1. The lowest BCUT2D eigenvalue weighted by atomic mass is 9.93. The minimum Gasteiger partial charge on any atom is -0.464 e. The normalized spacial score (nSPS) is 19.3. The van der Waals surface area contributed by atoms with Crippen molar-refractivity contribution < 1.29 is 9.66 Å². The Kier molecular flexibility index (Phi) is 4.78. The summed E-state index contributed by atoms with van der Waals surface area (Å²) >= 11 is 3.57. The van der Waals surface area contributed by atoms with Crippen LogP contribution in [0.5, 0.6) is 5.75 Å². The van der Waals surface area contributed by atoms with Crippen LogP contribution in [0.1, 0.15) is 46.5 Å². The monoisotopic (exact) mass is 477 g/mol. The van der Waals surface area contributed by atoms with Gasteiger partial charge >= 0.3 is 0 Å². The number of non-ortho nitro benzene ring substituents is 1. The van der Waals surface area contributed by atoms with E-state index in [0.29, 0.717) is 0 Å². The molecule has 0 bridgehead atoms. The smallest absolute Gasteiger partial charge is 0.269 e. The lowest BCUT2D eigenvalue weighted by Crippen LogP contribution is -2.33. The van der Waals surface area contributed by atoms with Crippen LogP contribution in [0.2, 0.25) is 0 Å². The molecule has 2 aliphatic rings. The van der Waals surface area contributed by atoms with Crippen molar-refractivity contribution in [1.29, 1.82) is 0 Å². The van der Waals surface area contributed by atoms with Crippen LogP contribution >= 0.6 is 15.9 Å². The van der Waals surface area contributed by atoms with Crippen molar-refractivity contribution in [3.05, 3.63) is 103 Å². The Hall–Kier alpha value is -3.19. The van der Waals surface area contributed by atoms with Crippen LogP contribution in [0, 0.1) is 24.0 Å². The molecule has 0 radical (unpaired) electrons. The highest BCUT2D eigenvalue weighted by atomic mass is 79.9. The summed E-state index contributed by atoms with van der Waals surface area (Å²) in [6, 6.07) is 19.0. The predicted molar refractivity (Wildman–Crippen MR) is 122 cm³/mol. The van der Waals surface area contributed by atoms with Gasteiger partial charge in [0.05, 0.1) is 16.7 Å². The molecule has 2 heterocycles. The maximum Gasteiger partial charge on any atom is 0.269 e. The third kappa shape index (κ3) is 3.49. The molecule has 156 valence electrons. The molecule has 0 aromatic heterocycles. The molecule has 0 saturated heterocycles. The predicted octanol–water partition coefficient (Wildman–Crippen LogP) is 6.22. The third-order valence-corrected chi connectivity index (χ3v) is 6.34. The molecule has 0 saturated carbocycles. The second kappa shape index (κ2) is 7.50. The Morgan fingerprint density at radius 3 is 2.61 bits per heavy atom. The molecule has 7 heteroatoms. The van der Waals surface area contributed by atoms with E-state index in [-0.39, 0.29) is 11.7 Å².